The van der Waals surface area contributed by atoms with Gasteiger partial charge in [-0.2, -0.15) is 0 Å². The minimum absolute atomic E-state index is 0.0721. The topological polar surface area (TPSA) is 35.2 Å². The Kier molecular flexibility index (Phi) is 3.27. The van der Waals surface area contributed by atoms with Gasteiger partial charge in [-0.1, -0.05) is 6.07 Å². The highest BCUT2D eigenvalue weighted by Crippen LogP contribution is 2.41. The third kappa shape index (κ3) is 2.41. The second-order valence-corrected chi connectivity index (χ2v) is 5.85. The van der Waals surface area contributed by atoms with Crippen molar-refractivity contribution in [3.8, 4) is 5.75 Å². The monoisotopic (exact) mass is 283 g/mol. The first-order valence-corrected chi connectivity index (χ1v) is 6.51. The van der Waals surface area contributed by atoms with Crippen LogP contribution in [-0.4, -0.2) is 12.1 Å². The molecule has 1 aromatic rings. The summed E-state index contributed by atoms with van der Waals surface area (Å²) in [6, 6.07) is 4.40. The van der Waals surface area contributed by atoms with Crippen molar-refractivity contribution in [1.29, 1.82) is 0 Å². The molecule has 1 aliphatic heterocycles. The smallest absolute Gasteiger partial charge is 0.137 e. The van der Waals surface area contributed by atoms with Gasteiger partial charge >= 0.3 is 0 Å². The Morgan fingerprint density at radius 3 is 2.88 bits per heavy atom. The first-order valence-electron chi connectivity index (χ1n) is 5.72. The Hall–Kier alpha value is -0.540. The average molecular weight is 284 g/mol. The summed E-state index contributed by atoms with van der Waals surface area (Å²) >= 11 is 3.59. The molecular formula is C13H18BrNO. The van der Waals surface area contributed by atoms with E-state index in [9.17, 15) is 0 Å². The van der Waals surface area contributed by atoms with E-state index in [1.165, 1.54) is 11.1 Å². The first-order chi connectivity index (χ1) is 7.52. The number of benzene rings is 1. The quantitative estimate of drug-likeness (QED) is 0.926. The lowest BCUT2D eigenvalue weighted by atomic mass is 9.99. The van der Waals surface area contributed by atoms with Gasteiger partial charge in [0.25, 0.3) is 0 Å². The number of hydrogen-bond acceptors (Lipinski definition) is 2. The summed E-state index contributed by atoms with van der Waals surface area (Å²) < 4.78 is 6.98. The van der Waals surface area contributed by atoms with Crippen LogP contribution in [-0.2, 0) is 12.8 Å². The predicted molar refractivity (Wildman–Crippen MR) is 69.9 cm³/mol. The van der Waals surface area contributed by atoms with Crippen LogP contribution >= 0.6 is 15.9 Å². The highest BCUT2D eigenvalue weighted by Gasteiger charge is 2.31. The van der Waals surface area contributed by atoms with E-state index in [2.05, 4.69) is 41.9 Å². The second kappa shape index (κ2) is 4.38. The lowest BCUT2D eigenvalue weighted by Crippen LogP contribution is -2.24. The van der Waals surface area contributed by atoms with Crippen molar-refractivity contribution in [2.24, 2.45) is 5.73 Å². The Bertz CT molecular complexity index is 401. The highest BCUT2D eigenvalue weighted by molar-refractivity contribution is 9.10. The SMILES string of the molecule is CC1(C)Cc2cc(CCCN)cc(Br)c2O1. The molecule has 0 saturated heterocycles. The molecule has 0 aromatic heterocycles. The van der Waals surface area contributed by atoms with Gasteiger partial charge in [0.05, 0.1) is 4.47 Å². The van der Waals surface area contributed by atoms with Gasteiger partial charge in [0, 0.05) is 6.42 Å². The molecule has 3 heteroatoms. The molecule has 0 aliphatic carbocycles. The van der Waals surface area contributed by atoms with Crippen molar-refractivity contribution < 1.29 is 4.74 Å². The van der Waals surface area contributed by atoms with E-state index < -0.39 is 0 Å². The molecule has 0 radical (unpaired) electrons. The summed E-state index contributed by atoms with van der Waals surface area (Å²) in [4.78, 5) is 0. The third-order valence-corrected chi connectivity index (χ3v) is 3.43. The molecule has 16 heavy (non-hydrogen) atoms. The molecule has 0 fully saturated rings. The van der Waals surface area contributed by atoms with Crippen LogP contribution in [0.3, 0.4) is 0 Å². The molecule has 2 N–H and O–H groups in total. The Labute approximate surface area is 105 Å². The number of fused-ring (bicyclic) bond motifs is 1. The fourth-order valence-corrected chi connectivity index (χ4v) is 2.81. The van der Waals surface area contributed by atoms with Crippen LogP contribution in [0.25, 0.3) is 0 Å². The minimum Gasteiger partial charge on any atom is -0.486 e. The van der Waals surface area contributed by atoms with Gasteiger partial charge < -0.3 is 10.5 Å². The van der Waals surface area contributed by atoms with Gasteiger partial charge in [0.15, 0.2) is 0 Å². The first kappa shape index (κ1) is 11.9. The molecule has 0 saturated carbocycles. The molecule has 0 atom stereocenters. The highest BCUT2D eigenvalue weighted by atomic mass is 79.9. The van der Waals surface area contributed by atoms with Gasteiger partial charge in [-0.25, -0.2) is 0 Å². The largest absolute Gasteiger partial charge is 0.486 e. The third-order valence-electron chi connectivity index (χ3n) is 2.84. The number of ether oxygens (including phenoxy) is 1. The molecular weight excluding hydrogens is 266 g/mol. The summed E-state index contributed by atoms with van der Waals surface area (Å²) in [5, 5.41) is 0. The van der Waals surface area contributed by atoms with E-state index >= 15 is 0 Å². The molecule has 0 unspecified atom stereocenters. The molecule has 88 valence electrons. The van der Waals surface area contributed by atoms with Crippen molar-refractivity contribution in [2.45, 2.75) is 38.7 Å². The van der Waals surface area contributed by atoms with Crippen LogP contribution in [0.15, 0.2) is 16.6 Å². The second-order valence-electron chi connectivity index (χ2n) is 5.00. The molecule has 1 aliphatic rings. The van der Waals surface area contributed by atoms with Gasteiger partial charge in [-0.3, -0.25) is 0 Å². The van der Waals surface area contributed by atoms with E-state index in [4.69, 9.17) is 10.5 Å². The van der Waals surface area contributed by atoms with Crippen molar-refractivity contribution in [1.82, 2.24) is 0 Å². The van der Waals surface area contributed by atoms with Crippen LogP contribution in [0, 0.1) is 0 Å². The maximum absolute atomic E-state index is 5.91. The summed E-state index contributed by atoms with van der Waals surface area (Å²) in [7, 11) is 0. The molecule has 0 spiro atoms. The minimum atomic E-state index is -0.0721. The van der Waals surface area contributed by atoms with Crippen molar-refractivity contribution in [2.75, 3.05) is 6.54 Å². The van der Waals surface area contributed by atoms with E-state index in [0.29, 0.717) is 0 Å². The normalized spacial score (nSPS) is 17.0. The maximum Gasteiger partial charge on any atom is 0.137 e. The van der Waals surface area contributed by atoms with E-state index in [-0.39, 0.29) is 5.60 Å². The van der Waals surface area contributed by atoms with Crippen LogP contribution < -0.4 is 10.5 Å². The standard InChI is InChI=1S/C13H18BrNO/c1-13(2)8-10-6-9(4-3-5-15)7-11(14)12(10)16-13/h6-7H,3-5,8,15H2,1-2H3. The van der Waals surface area contributed by atoms with Crippen molar-refractivity contribution >= 4 is 15.9 Å². The number of nitrogens with two attached hydrogens (primary N) is 1. The number of rotatable bonds is 3. The Balaban J connectivity index is 2.27. The number of hydrogen-bond donors (Lipinski definition) is 1. The summed E-state index contributed by atoms with van der Waals surface area (Å²) in [6.45, 7) is 4.99. The van der Waals surface area contributed by atoms with Crippen LogP contribution in [0.5, 0.6) is 5.75 Å². The van der Waals surface area contributed by atoms with E-state index in [1.807, 2.05) is 0 Å². The zero-order chi connectivity index (χ0) is 11.8. The zero-order valence-corrected chi connectivity index (χ0v) is 11.4. The lowest BCUT2D eigenvalue weighted by molar-refractivity contribution is 0.137. The lowest BCUT2D eigenvalue weighted by Gasteiger charge is -2.17. The van der Waals surface area contributed by atoms with Crippen LogP contribution in [0.2, 0.25) is 0 Å². The van der Waals surface area contributed by atoms with Crippen LogP contribution in [0.1, 0.15) is 31.4 Å². The van der Waals surface area contributed by atoms with E-state index in [1.54, 1.807) is 0 Å². The molecule has 1 aromatic carbocycles. The average Bonchev–Trinajstić information content (AvgIpc) is 2.50. The molecule has 1 heterocycles. The van der Waals surface area contributed by atoms with Gasteiger partial charge in [0.1, 0.15) is 11.4 Å². The Morgan fingerprint density at radius 1 is 1.44 bits per heavy atom. The van der Waals surface area contributed by atoms with Gasteiger partial charge in [0.2, 0.25) is 0 Å². The van der Waals surface area contributed by atoms with Crippen LogP contribution in [0.4, 0.5) is 0 Å². The predicted octanol–water partition coefficient (Wildman–Crippen LogP) is 3.05. The number of halogens is 1. The van der Waals surface area contributed by atoms with Gasteiger partial charge in [-0.05, 0) is 66.4 Å². The molecule has 2 nitrogen and oxygen atoms in total. The summed E-state index contributed by atoms with van der Waals surface area (Å²) in [5.41, 5.74) is 8.12. The fraction of sp³-hybridized carbons (Fsp3) is 0.538. The fourth-order valence-electron chi connectivity index (χ4n) is 2.18. The summed E-state index contributed by atoms with van der Waals surface area (Å²) in [5.74, 6) is 1.02. The zero-order valence-electron chi connectivity index (χ0n) is 9.85. The Morgan fingerprint density at radius 2 is 2.19 bits per heavy atom. The van der Waals surface area contributed by atoms with Crippen molar-refractivity contribution in [3.05, 3.63) is 27.7 Å². The molecule has 0 bridgehead atoms. The molecule has 0 amide bonds. The summed E-state index contributed by atoms with van der Waals surface area (Å²) in [6.07, 6.45) is 3.07. The van der Waals surface area contributed by atoms with E-state index in [0.717, 1.165) is 36.0 Å². The maximum atomic E-state index is 5.91. The molecule has 2 rings (SSSR count). The van der Waals surface area contributed by atoms with Crippen molar-refractivity contribution in [3.63, 3.8) is 0 Å². The number of aryl methyl sites for hydroxylation is 1. The van der Waals surface area contributed by atoms with Gasteiger partial charge in [-0.15, -0.1) is 0 Å².